The van der Waals surface area contributed by atoms with Crippen LogP contribution in [0.25, 0.3) is 0 Å². The molecule has 0 aliphatic heterocycles. The lowest BCUT2D eigenvalue weighted by atomic mass is 9.99. The van der Waals surface area contributed by atoms with E-state index in [1.807, 2.05) is 0 Å². The minimum atomic E-state index is -3.04. The van der Waals surface area contributed by atoms with Crippen molar-refractivity contribution in [3.05, 3.63) is 28.8 Å². The van der Waals surface area contributed by atoms with Crippen molar-refractivity contribution in [2.24, 2.45) is 0 Å². The van der Waals surface area contributed by atoms with Crippen LogP contribution in [0.1, 0.15) is 16.7 Å². The number of carboxylic acid groups (broad SMARTS) is 1. The van der Waals surface area contributed by atoms with Crippen LogP contribution >= 0.6 is 11.6 Å². The molecule has 0 saturated heterocycles. The van der Waals surface area contributed by atoms with Crippen LogP contribution in [0.2, 0.25) is 0 Å². The Balaban J connectivity index is 3.28. The summed E-state index contributed by atoms with van der Waals surface area (Å²) in [5.74, 6) is -1.57. The van der Waals surface area contributed by atoms with E-state index in [0.29, 0.717) is 0 Å². The zero-order valence-electron chi connectivity index (χ0n) is 8.99. The summed E-state index contributed by atoms with van der Waals surface area (Å²) in [5, 5.41) is 17.6. The number of carbonyl (C=O) groups is 1. The first kappa shape index (κ1) is 14.2. The number of alkyl halides is 3. The number of benzene rings is 1. The van der Waals surface area contributed by atoms with Crippen LogP contribution < -0.4 is 4.74 Å². The van der Waals surface area contributed by atoms with Gasteiger partial charge in [-0.25, -0.2) is 0 Å². The second-order valence-corrected chi connectivity index (χ2v) is 3.54. The summed E-state index contributed by atoms with van der Waals surface area (Å²) in [5.41, 5.74) is 0.242. The minimum absolute atomic E-state index is 0.0365. The molecular weight excluding hydrogens is 268 g/mol. The number of ether oxygens (including phenoxy) is 1. The van der Waals surface area contributed by atoms with Gasteiger partial charge >= 0.3 is 12.6 Å². The van der Waals surface area contributed by atoms with E-state index < -0.39 is 12.6 Å². The highest BCUT2D eigenvalue weighted by Gasteiger charge is 2.17. The van der Waals surface area contributed by atoms with Gasteiger partial charge in [0.15, 0.2) is 0 Å². The highest BCUT2D eigenvalue weighted by molar-refractivity contribution is 6.17. The lowest BCUT2D eigenvalue weighted by Crippen LogP contribution is -2.08. The van der Waals surface area contributed by atoms with Gasteiger partial charge in [-0.3, -0.25) is 4.79 Å². The Morgan fingerprint density at radius 1 is 1.56 bits per heavy atom. The van der Waals surface area contributed by atoms with Crippen LogP contribution in [-0.4, -0.2) is 17.7 Å². The molecule has 0 bridgehead atoms. The Morgan fingerprint density at radius 3 is 2.67 bits per heavy atom. The molecule has 1 rings (SSSR count). The van der Waals surface area contributed by atoms with E-state index in [4.69, 9.17) is 22.0 Å². The van der Waals surface area contributed by atoms with E-state index in [9.17, 15) is 13.6 Å². The SMILES string of the molecule is N#Cc1c(CC(=O)O)ccc(OC(F)F)c1CCl. The Bertz CT molecular complexity index is 500. The average Bonchev–Trinajstić information content (AvgIpc) is 2.29. The zero-order valence-corrected chi connectivity index (χ0v) is 9.75. The third-order valence-corrected chi connectivity index (χ3v) is 2.43. The van der Waals surface area contributed by atoms with Gasteiger partial charge in [-0.15, -0.1) is 11.6 Å². The summed E-state index contributed by atoms with van der Waals surface area (Å²) in [4.78, 5) is 10.6. The molecular formula is C11H8ClF2NO3. The molecule has 0 radical (unpaired) electrons. The van der Waals surface area contributed by atoms with Crippen molar-refractivity contribution in [1.82, 2.24) is 0 Å². The van der Waals surface area contributed by atoms with Crippen LogP contribution in [0.3, 0.4) is 0 Å². The molecule has 0 spiro atoms. The molecule has 1 aromatic carbocycles. The lowest BCUT2D eigenvalue weighted by molar-refractivity contribution is -0.136. The molecule has 4 nitrogen and oxygen atoms in total. The number of nitrogens with zero attached hydrogens (tertiary/aromatic N) is 1. The van der Waals surface area contributed by atoms with Crippen molar-refractivity contribution in [3.63, 3.8) is 0 Å². The molecule has 1 N–H and O–H groups in total. The van der Waals surface area contributed by atoms with Gasteiger partial charge in [0.25, 0.3) is 0 Å². The van der Waals surface area contributed by atoms with Crippen LogP contribution in [-0.2, 0) is 17.1 Å². The Kier molecular flexibility index (Phi) is 4.86. The molecule has 0 aromatic heterocycles. The smallest absolute Gasteiger partial charge is 0.387 e. The first-order valence-electron chi connectivity index (χ1n) is 4.77. The fourth-order valence-corrected chi connectivity index (χ4v) is 1.73. The number of hydrogen-bond donors (Lipinski definition) is 1. The highest BCUT2D eigenvalue weighted by Crippen LogP contribution is 2.28. The summed E-state index contributed by atoms with van der Waals surface area (Å²) < 4.78 is 28.5. The van der Waals surface area contributed by atoms with Crippen molar-refractivity contribution in [1.29, 1.82) is 5.26 Å². The molecule has 0 aliphatic carbocycles. The summed E-state index contributed by atoms with van der Waals surface area (Å²) in [6.45, 7) is -3.04. The number of halogens is 3. The predicted octanol–water partition coefficient (Wildman–Crippen LogP) is 2.53. The van der Waals surface area contributed by atoms with Gasteiger partial charge in [-0.05, 0) is 11.6 Å². The third kappa shape index (κ3) is 3.31. The average molecular weight is 276 g/mol. The molecule has 0 atom stereocenters. The topological polar surface area (TPSA) is 70.3 Å². The fourth-order valence-electron chi connectivity index (χ4n) is 1.47. The van der Waals surface area contributed by atoms with E-state index in [-0.39, 0.29) is 34.7 Å². The summed E-state index contributed by atoms with van der Waals surface area (Å²) >= 11 is 5.58. The van der Waals surface area contributed by atoms with Crippen molar-refractivity contribution in [3.8, 4) is 11.8 Å². The molecule has 0 fully saturated rings. The number of hydrogen-bond acceptors (Lipinski definition) is 3. The molecule has 18 heavy (non-hydrogen) atoms. The van der Waals surface area contributed by atoms with Gasteiger partial charge < -0.3 is 9.84 Å². The standard InChI is InChI=1S/C11H8ClF2NO3/c12-4-7-8(5-15)6(3-10(16)17)1-2-9(7)18-11(13)14/h1-2,11H,3-4H2,(H,16,17). The van der Waals surface area contributed by atoms with Crippen molar-refractivity contribution < 1.29 is 23.4 Å². The molecule has 7 heteroatoms. The van der Waals surface area contributed by atoms with Gasteiger partial charge in [0, 0.05) is 5.56 Å². The third-order valence-electron chi connectivity index (χ3n) is 2.16. The highest BCUT2D eigenvalue weighted by atomic mass is 35.5. The normalized spacial score (nSPS) is 10.2. The number of aliphatic carboxylic acids is 1. The second-order valence-electron chi connectivity index (χ2n) is 3.27. The molecule has 0 aliphatic rings. The molecule has 0 saturated carbocycles. The molecule has 0 unspecified atom stereocenters. The second kappa shape index (κ2) is 6.17. The van der Waals surface area contributed by atoms with Crippen molar-refractivity contribution in [2.75, 3.05) is 0 Å². The monoisotopic (exact) mass is 275 g/mol. The number of rotatable bonds is 5. The first-order chi connectivity index (χ1) is 8.49. The largest absolute Gasteiger partial charge is 0.481 e. The molecule has 96 valence electrons. The number of carboxylic acids is 1. The van der Waals surface area contributed by atoms with Gasteiger partial charge in [0.2, 0.25) is 0 Å². The van der Waals surface area contributed by atoms with Crippen LogP contribution in [0.4, 0.5) is 8.78 Å². The summed E-state index contributed by atoms with van der Waals surface area (Å²) in [6, 6.07) is 4.21. The maximum absolute atomic E-state index is 12.1. The predicted molar refractivity (Wildman–Crippen MR) is 58.7 cm³/mol. The summed E-state index contributed by atoms with van der Waals surface area (Å²) in [7, 11) is 0. The fraction of sp³-hybridized carbons (Fsp3) is 0.273. The molecule has 0 amide bonds. The van der Waals surface area contributed by atoms with Gasteiger partial charge in [-0.2, -0.15) is 14.0 Å². The Labute approximate surface area is 106 Å². The van der Waals surface area contributed by atoms with Gasteiger partial charge in [0.1, 0.15) is 5.75 Å². The summed E-state index contributed by atoms with van der Waals surface area (Å²) in [6.07, 6.45) is -0.387. The van der Waals surface area contributed by atoms with E-state index >= 15 is 0 Å². The van der Waals surface area contributed by atoms with E-state index in [0.717, 1.165) is 0 Å². The zero-order chi connectivity index (χ0) is 13.7. The quantitative estimate of drug-likeness (QED) is 0.838. The maximum Gasteiger partial charge on any atom is 0.387 e. The molecule has 0 heterocycles. The maximum atomic E-state index is 12.1. The minimum Gasteiger partial charge on any atom is -0.481 e. The van der Waals surface area contributed by atoms with Gasteiger partial charge in [0.05, 0.1) is 23.9 Å². The van der Waals surface area contributed by atoms with Crippen LogP contribution in [0, 0.1) is 11.3 Å². The van der Waals surface area contributed by atoms with E-state index in [2.05, 4.69) is 4.74 Å². The van der Waals surface area contributed by atoms with E-state index in [1.165, 1.54) is 12.1 Å². The Morgan fingerprint density at radius 2 is 2.22 bits per heavy atom. The van der Waals surface area contributed by atoms with Crippen molar-refractivity contribution in [2.45, 2.75) is 18.9 Å². The van der Waals surface area contributed by atoms with Gasteiger partial charge in [-0.1, -0.05) is 6.07 Å². The van der Waals surface area contributed by atoms with E-state index in [1.54, 1.807) is 6.07 Å². The Hall–Kier alpha value is -1.87. The molecule has 1 aromatic rings. The van der Waals surface area contributed by atoms with Crippen LogP contribution in [0.5, 0.6) is 5.75 Å². The van der Waals surface area contributed by atoms with Crippen molar-refractivity contribution >= 4 is 17.6 Å². The van der Waals surface area contributed by atoms with Crippen LogP contribution in [0.15, 0.2) is 12.1 Å². The lowest BCUT2D eigenvalue weighted by Gasteiger charge is -2.12. The number of nitriles is 1. The first-order valence-corrected chi connectivity index (χ1v) is 5.30.